The molecular weight excluding hydrogens is 438 g/mol. The molecule has 0 fully saturated rings. The summed E-state index contributed by atoms with van der Waals surface area (Å²) in [5.74, 6) is 0.749. The second kappa shape index (κ2) is 12.8. The molecular formula is C29H45N3O3. The quantitative estimate of drug-likeness (QED) is 0.602. The Morgan fingerprint density at radius 2 is 1.74 bits per heavy atom. The van der Waals surface area contributed by atoms with Crippen molar-refractivity contribution in [1.29, 1.82) is 0 Å². The first-order valence-electron chi connectivity index (χ1n) is 12.5. The number of fused-ring (bicyclic) bond motifs is 1. The average molecular weight is 484 g/mol. The molecule has 2 N–H and O–H groups in total. The highest BCUT2D eigenvalue weighted by atomic mass is 16.3. The molecule has 35 heavy (non-hydrogen) atoms. The summed E-state index contributed by atoms with van der Waals surface area (Å²) in [6.07, 6.45) is 7.19. The van der Waals surface area contributed by atoms with Crippen LogP contribution in [0, 0.1) is 0 Å². The third-order valence-corrected chi connectivity index (χ3v) is 6.51. The van der Waals surface area contributed by atoms with Gasteiger partial charge in [-0.3, -0.25) is 4.79 Å². The number of nitrogens with zero attached hydrogens (tertiary/aromatic N) is 3. The van der Waals surface area contributed by atoms with Crippen LogP contribution in [-0.4, -0.2) is 56.4 Å². The Labute approximate surface area is 212 Å². The second-order valence-electron chi connectivity index (χ2n) is 9.55. The molecule has 2 aliphatic rings. The van der Waals surface area contributed by atoms with E-state index >= 15 is 0 Å². The Balaban J connectivity index is 0.000000523. The zero-order valence-electron chi connectivity index (χ0n) is 23.1. The molecule has 0 saturated carbocycles. The predicted molar refractivity (Wildman–Crippen MR) is 146 cm³/mol. The highest BCUT2D eigenvalue weighted by Crippen LogP contribution is 2.30. The maximum Gasteiger partial charge on any atom is 0.273 e. The van der Waals surface area contributed by atoms with Crippen molar-refractivity contribution in [3.8, 4) is 0 Å². The van der Waals surface area contributed by atoms with Gasteiger partial charge in [0.15, 0.2) is 0 Å². The lowest BCUT2D eigenvalue weighted by atomic mass is 9.90. The smallest absolute Gasteiger partial charge is 0.273 e. The maximum atomic E-state index is 13.2. The van der Waals surface area contributed by atoms with Crippen molar-refractivity contribution >= 4 is 11.6 Å². The number of aliphatic hydroxyl groups is 2. The molecule has 1 atom stereocenters. The van der Waals surface area contributed by atoms with Gasteiger partial charge in [-0.1, -0.05) is 57.7 Å². The van der Waals surface area contributed by atoms with Crippen LogP contribution in [0.3, 0.4) is 0 Å². The van der Waals surface area contributed by atoms with Crippen molar-refractivity contribution < 1.29 is 15.0 Å². The van der Waals surface area contributed by atoms with E-state index in [9.17, 15) is 4.79 Å². The van der Waals surface area contributed by atoms with Gasteiger partial charge in [0.1, 0.15) is 11.5 Å². The minimum Gasteiger partial charge on any atom is -0.387 e. The molecule has 0 bridgehead atoms. The fourth-order valence-corrected chi connectivity index (χ4v) is 3.53. The lowest BCUT2D eigenvalue weighted by Crippen LogP contribution is -2.44. The van der Waals surface area contributed by atoms with E-state index in [0.717, 1.165) is 30.9 Å². The van der Waals surface area contributed by atoms with Crippen LogP contribution < -0.4 is 0 Å². The Morgan fingerprint density at radius 1 is 1.17 bits per heavy atom. The first-order valence-corrected chi connectivity index (χ1v) is 12.5. The maximum absolute atomic E-state index is 13.2. The van der Waals surface area contributed by atoms with Gasteiger partial charge < -0.3 is 20.0 Å². The Hall–Kier alpha value is -2.70. The molecule has 1 unspecified atom stereocenters. The van der Waals surface area contributed by atoms with Gasteiger partial charge in [0.25, 0.3) is 5.91 Å². The molecule has 2 heterocycles. The summed E-state index contributed by atoms with van der Waals surface area (Å²) in [6, 6.07) is 8.43. The zero-order chi connectivity index (χ0) is 27.0. The SMILES string of the molecule is C=C/C=C1/N=C(C(=O)N2CCc3ccccc3C2C)C=C(CC)N1C.CC.CC(C)(O)C(C)(C)O. The molecule has 0 aromatic heterocycles. The van der Waals surface area contributed by atoms with Crippen LogP contribution >= 0.6 is 0 Å². The fourth-order valence-electron chi connectivity index (χ4n) is 3.53. The third kappa shape index (κ3) is 7.64. The van der Waals surface area contributed by atoms with Gasteiger partial charge in [-0.25, -0.2) is 4.99 Å². The van der Waals surface area contributed by atoms with Crippen molar-refractivity contribution in [3.05, 3.63) is 71.7 Å². The van der Waals surface area contributed by atoms with Crippen molar-refractivity contribution in [2.75, 3.05) is 13.6 Å². The number of hydrogen-bond acceptors (Lipinski definition) is 5. The number of benzene rings is 1. The molecule has 0 spiro atoms. The molecule has 0 aliphatic carbocycles. The topological polar surface area (TPSA) is 76.4 Å². The third-order valence-electron chi connectivity index (χ3n) is 6.51. The summed E-state index contributed by atoms with van der Waals surface area (Å²) in [7, 11) is 1.97. The molecule has 3 rings (SSSR count). The largest absolute Gasteiger partial charge is 0.387 e. The number of aliphatic imine (C=N–C) groups is 1. The predicted octanol–water partition coefficient (Wildman–Crippen LogP) is 5.39. The van der Waals surface area contributed by atoms with Crippen LogP contribution in [0.25, 0.3) is 0 Å². The molecule has 194 valence electrons. The fraction of sp³-hybridized carbons (Fsp3) is 0.517. The van der Waals surface area contributed by atoms with Crippen LogP contribution in [0.4, 0.5) is 0 Å². The van der Waals surface area contributed by atoms with E-state index < -0.39 is 11.2 Å². The Morgan fingerprint density at radius 3 is 2.26 bits per heavy atom. The lowest BCUT2D eigenvalue weighted by Gasteiger charge is -2.36. The second-order valence-corrected chi connectivity index (χ2v) is 9.55. The van der Waals surface area contributed by atoms with E-state index in [-0.39, 0.29) is 11.9 Å². The zero-order valence-corrected chi connectivity index (χ0v) is 23.1. The van der Waals surface area contributed by atoms with Crippen molar-refractivity contribution in [1.82, 2.24) is 9.80 Å². The van der Waals surface area contributed by atoms with Crippen LogP contribution in [0.2, 0.25) is 0 Å². The summed E-state index contributed by atoms with van der Waals surface area (Å²) in [4.78, 5) is 21.7. The highest BCUT2D eigenvalue weighted by molar-refractivity contribution is 6.43. The number of carbonyl (C=O) groups excluding carboxylic acids is 1. The van der Waals surface area contributed by atoms with E-state index in [1.54, 1.807) is 33.8 Å². The standard InChI is InChI=1S/C21H25N3O.C6H14O2.C2H6/c1-5-9-20-22-19(14-17(6-2)23(20)4)21(25)24-13-12-16-10-7-8-11-18(16)15(24)3;1-5(2,7)6(3,4)8;1-2/h5,7-11,14-15H,1,6,12-13H2,2-4H3;7-8H,1-4H3;1-2H3/b20-9-;;. The van der Waals surface area contributed by atoms with Crippen molar-refractivity contribution in [2.45, 2.75) is 85.5 Å². The van der Waals surface area contributed by atoms with Crippen LogP contribution in [0.5, 0.6) is 0 Å². The van der Waals surface area contributed by atoms with Gasteiger partial charge in [0.05, 0.1) is 17.2 Å². The van der Waals surface area contributed by atoms with Gasteiger partial charge in [-0.2, -0.15) is 0 Å². The number of hydrogen-bond donors (Lipinski definition) is 2. The van der Waals surface area contributed by atoms with E-state index in [1.807, 2.05) is 48.9 Å². The summed E-state index contributed by atoms with van der Waals surface area (Å²) in [6.45, 7) is 19.0. The summed E-state index contributed by atoms with van der Waals surface area (Å²) >= 11 is 0. The molecule has 0 saturated heterocycles. The van der Waals surface area contributed by atoms with Crippen LogP contribution in [0.1, 0.15) is 79.0 Å². The highest BCUT2D eigenvalue weighted by Gasteiger charge is 2.32. The average Bonchev–Trinajstić information content (AvgIpc) is 2.81. The molecule has 1 aromatic carbocycles. The Bertz CT molecular complexity index is 950. The molecule has 6 heteroatoms. The Kier molecular flexibility index (Phi) is 11.1. The minimum absolute atomic E-state index is 0.00369. The molecule has 2 aliphatic heterocycles. The molecule has 0 radical (unpaired) electrons. The first-order chi connectivity index (χ1) is 16.3. The lowest BCUT2D eigenvalue weighted by molar-refractivity contribution is -0.126. The summed E-state index contributed by atoms with van der Waals surface area (Å²) < 4.78 is 0. The summed E-state index contributed by atoms with van der Waals surface area (Å²) in [5, 5.41) is 18.2. The van der Waals surface area contributed by atoms with Gasteiger partial charge in [-0.05, 0) is 70.7 Å². The van der Waals surface area contributed by atoms with Gasteiger partial charge in [0, 0.05) is 19.3 Å². The van der Waals surface area contributed by atoms with Gasteiger partial charge in [0.2, 0.25) is 0 Å². The van der Waals surface area contributed by atoms with Crippen LogP contribution in [-0.2, 0) is 11.2 Å². The van der Waals surface area contributed by atoms with Crippen molar-refractivity contribution in [3.63, 3.8) is 0 Å². The first kappa shape index (κ1) is 30.3. The van der Waals surface area contributed by atoms with Gasteiger partial charge >= 0.3 is 0 Å². The van der Waals surface area contributed by atoms with E-state index in [2.05, 4.69) is 43.6 Å². The molecule has 1 aromatic rings. The normalized spacial score (nSPS) is 18.8. The van der Waals surface area contributed by atoms with E-state index in [0.29, 0.717) is 5.71 Å². The number of rotatable bonds is 4. The number of carbonyl (C=O) groups is 1. The number of amides is 1. The monoisotopic (exact) mass is 483 g/mol. The van der Waals surface area contributed by atoms with Gasteiger partial charge in [-0.15, -0.1) is 0 Å². The molecule has 6 nitrogen and oxygen atoms in total. The van der Waals surface area contributed by atoms with Crippen LogP contribution in [0.15, 0.2) is 65.6 Å². The molecule has 1 amide bonds. The summed E-state index contributed by atoms with van der Waals surface area (Å²) in [5.41, 5.74) is 2.14. The van der Waals surface area contributed by atoms with E-state index in [1.165, 1.54) is 11.1 Å². The van der Waals surface area contributed by atoms with E-state index in [4.69, 9.17) is 10.2 Å². The van der Waals surface area contributed by atoms with Crippen molar-refractivity contribution in [2.24, 2.45) is 4.99 Å². The minimum atomic E-state index is -1.01. The number of allylic oxidation sites excluding steroid dienone is 3.